The Morgan fingerprint density at radius 3 is 2.82 bits per heavy atom. The highest BCUT2D eigenvalue weighted by Gasteiger charge is 2.16. The van der Waals surface area contributed by atoms with E-state index in [1.165, 1.54) is 0 Å². The Balaban J connectivity index is 2.33. The lowest BCUT2D eigenvalue weighted by Gasteiger charge is -2.06. The summed E-state index contributed by atoms with van der Waals surface area (Å²) >= 11 is 3.48. The second kappa shape index (κ2) is 5.42. The molecule has 1 heterocycles. The van der Waals surface area contributed by atoms with E-state index < -0.39 is 0 Å². The van der Waals surface area contributed by atoms with E-state index in [0.29, 0.717) is 11.7 Å². The van der Waals surface area contributed by atoms with Crippen molar-refractivity contribution in [3.05, 3.63) is 34.6 Å². The fourth-order valence-corrected chi connectivity index (χ4v) is 2.09. The SMILES string of the molecule is CCC(NC)c1nc(-c2ccccc2Br)no1. The summed E-state index contributed by atoms with van der Waals surface area (Å²) in [5.74, 6) is 1.24. The molecule has 1 N–H and O–H groups in total. The van der Waals surface area contributed by atoms with E-state index >= 15 is 0 Å². The van der Waals surface area contributed by atoms with Crippen LogP contribution in [-0.4, -0.2) is 17.2 Å². The molecule has 0 radical (unpaired) electrons. The zero-order valence-corrected chi connectivity index (χ0v) is 11.4. The second-order valence-electron chi connectivity index (χ2n) is 3.69. The summed E-state index contributed by atoms with van der Waals surface area (Å²) in [4.78, 5) is 4.41. The number of aromatic nitrogens is 2. The Morgan fingerprint density at radius 1 is 1.41 bits per heavy atom. The van der Waals surface area contributed by atoms with E-state index in [0.717, 1.165) is 16.5 Å². The molecule has 0 spiro atoms. The molecule has 0 saturated carbocycles. The van der Waals surface area contributed by atoms with Crippen LogP contribution >= 0.6 is 15.9 Å². The smallest absolute Gasteiger partial charge is 0.244 e. The summed E-state index contributed by atoms with van der Waals surface area (Å²) < 4.78 is 6.24. The van der Waals surface area contributed by atoms with Crippen molar-refractivity contribution in [1.29, 1.82) is 0 Å². The van der Waals surface area contributed by atoms with Crippen molar-refractivity contribution in [2.24, 2.45) is 0 Å². The Bertz CT molecular complexity index is 494. The Kier molecular flexibility index (Phi) is 3.91. The van der Waals surface area contributed by atoms with Crippen molar-refractivity contribution in [3.8, 4) is 11.4 Å². The summed E-state index contributed by atoms with van der Waals surface area (Å²) in [5, 5.41) is 7.15. The molecule has 2 aromatic rings. The van der Waals surface area contributed by atoms with Crippen molar-refractivity contribution >= 4 is 15.9 Å². The van der Waals surface area contributed by atoms with Gasteiger partial charge in [0.1, 0.15) is 0 Å². The van der Waals surface area contributed by atoms with Gasteiger partial charge >= 0.3 is 0 Å². The molecule has 0 bridgehead atoms. The molecule has 0 aliphatic carbocycles. The van der Waals surface area contributed by atoms with Crippen LogP contribution < -0.4 is 5.32 Å². The number of halogens is 1. The molecular weight excluding hydrogens is 282 g/mol. The van der Waals surface area contributed by atoms with Crippen LogP contribution in [0.2, 0.25) is 0 Å². The van der Waals surface area contributed by atoms with Gasteiger partial charge in [-0.3, -0.25) is 0 Å². The largest absolute Gasteiger partial charge is 0.337 e. The van der Waals surface area contributed by atoms with Crippen molar-refractivity contribution in [2.75, 3.05) is 7.05 Å². The van der Waals surface area contributed by atoms with E-state index in [2.05, 4.69) is 38.3 Å². The minimum absolute atomic E-state index is 0.110. The van der Waals surface area contributed by atoms with Crippen molar-refractivity contribution in [2.45, 2.75) is 19.4 Å². The van der Waals surface area contributed by atoms with Crippen LogP contribution in [-0.2, 0) is 0 Å². The maximum Gasteiger partial charge on any atom is 0.244 e. The summed E-state index contributed by atoms with van der Waals surface area (Å²) in [5.41, 5.74) is 0.938. The van der Waals surface area contributed by atoms with Crippen molar-refractivity contribution in [3.63, 3.8) is 0 Å². The highest BCUT2D eigenvalue weighted by molar-refractivity contribution is 9.10. The van der Waals surface area contributed by atoms with E-state index in [9.17, 15) is 0 Å². The standard InChI is InChI=1S/C12H14BrN3O/c1-3-10(14-2)12-15-11(16-17-12)8-6-4-5-7-9(8)13/h4-7,10,14H,3H2,1-2H3. The monoisotopic (exact) mass is 295 g/mol. The molecule has 5 heteroatoms. The number of nitrogens with one attached hydrogen (secondary N) is 1. The molecular formula is C12H14BrN3O. The first-order valence-electron chi connectivity index (χ1n) is 5.52. The zero-order valence-electron chi connectivity index (χ0n) is 9.77. The third-order valence-corrected chi connectivity index (χ3v) is 3.30. The number of hydrogen-bond acceptors (Lipinski definition) is 4. The molecule has 4 nitrogen and oxygen atoms in total. The summed E-state index contributed by atoms with van der Waals surface area (Å²) in [7, 11) is 1.89. The van der Waals surface area contributed by atoms with Gasteiger partial charge in [-0.1, -0.05) is 40.1 Å². The molecule has 0 aliphatic heterocycles. The molecule has 1 aromatic carbocycles. The van der Waals surface area contributed by atoms with Crippen LogP contribution in [0.3, 0.4) is 0 Å². The van der Waals surface area contributed by atoms with Gasteiger partial charge in [-0.25, -0.2) is 0 Å². The summed E-state index contributed by atoms with van der Waals surface area (Å²) in [6.45, 7) is 2.07. The lowest BCUT2D eigenvalue weighted by Crippen LogP contribution is -2.15. The van der Waals surface area contributed by atoms with Gasteiger partial charge in [0.15, 0.2) is 0 Å². The molecule has 0 fully saturated rings. The fourth-order valence-electron chi connectivity index (χ4n) is 1.63. The minimum Gasteiger partial charge on any atom is -0.337 e. The molecule has 17 heavy (non-hydrogen) atoms. The molecule has 90 valence electrons. The number of benzene rings is 1. The number of nitrogens with zero attached hydrogens (tertiary/aromatic N) is 2. The van der Waals surface area contributed by atoms with Gasteiger partial charge in [-0.05, 0) is 25.6 Å². The van der Waals surface area contributed by atoms with Crippen LogP contribution in [0.4, 0.5) is 0 Å². The first-order valence-corrected chi connectivity index (χ1v) is 6.31. The Morgan fingerprint density at radius 2 is 2.18 bits per heavy atom. The van der Waals surface area contributed by atoms with E-state index in [1.54, 1.807) is 0 Å². The average Bonchev–Trinajstić information content (AvgIpc) is 2.81. The van der Waals surface area contributed by atoms with E-state index in [4.69, 9.17) is 4.52 Å². The molecule has 1 aromatic heterocycles. The minimum atomic E-state index is 0.110. The van der Waals surface area contributed by atoms with Gasteiger partial charge < -0.3 is 9.84 Å². The highest BCUT2D eigenvalue weighted by Crippen LogP contribution is 2.26. The number of hydrogen-bond donors (Lipinski definition) is 1. The van der Waals surface area contributed by atoms with Crippen LogP contribution in [0.25, 0.3) is 11.4 Å². The normalized spacial score (nSPS) is 12.6. The number of rotatable bonds is 4. The third-order valence-electron chi connectivity index (χ3n) is 2.61. The van der Waals surface area contributed by atoms with Gasteiger partial charge in [0.2, 0.25) is 11.7 Å². The maximum atomic E-state index is 5.27. The van der Waals surface area contributed by atoms with Gasteiger partial charge in [0.25, 0.3) is 0 Å². The van der Waals surface area contributed by atoms with E-state index in [1.807, 2.05) is 31.3 Å². The molecule has 1 atom stereocenters. The summed E-state index contributed by atoms with van der Waals surface area (Å²) in [6, 6.07) is 7.93. The second-order valence-corrected chi connectivity index (χ2v) is 4.54. The zero-order chi connectivity index (χ0) is 12.3. The van der Waals surface area contributed by atoms with E-state index in [-0.39, 0.29) is 6.04 Å². The van der Waals surface area contributed by atoms with Crippen LogP contribution in [0, 0.1) is 0 Å². The Hall–Kier alpha value is -1.20. The van der Waals surface area contributed by atoms with Crippen LogP contribution in [0.5, 0.6) is 0 Å². The topological polar surface area (TPSA) is 51.0 Å². The van der Waals surface area contributed by atoms with Gasteiger partial charge in [0.05, 0.1) is 6.04 Å². The molecule has 2 rings (SSSR count). The highest BCUT2D eigenvalue weighted by atomic mass is 79.9. The quantitative estimate of drug-likeness (QED) is 0.941. The molecule has 0 aliphatic rings. The molecule has 0 amide bonds. The first kappa shape index (κ1) is 12.3. The summed E-state index contributed by atoms with van der Waals surface area (Å²) in [6.07, 6.45) is 0.911. The third kappa shape index (κ3) is 2.56. The van der Waals surface area contributed by atoms with Gasteiger partial charge in [0, 0.05) is 10.0 Å². The average molecular weight is 296 g/mol. The lowest BCUT2D eigenvalue weighted by atomic mass is 10.2. The molecule has 0 saturated heterocycles. The predicted molar refractivity (Wildman–Crippen MR) is 69.5 cm³/mol. The van der Waals surface area contributed by atoms with Gasteiger partial charge in [-0.2, -0.15) is 4.98 Å². The van der Waals surface area contributed by atoms with Crippen LogP contribution in [0.15, 0.2) is 33.3 Å². The van der Waals surface area contributed by atoms with Gasteiger partial charge in [-0.15, -0.1) is 0 Å². The Labute approximate surface area is 109 Å². The first-order chi connectivity index (χ1) is 8.26. The maximum absolute atomic E-state index is 5.27. The van der Waals surface area contributed by atoms with Crippen molar-refractivity contribution < 1.29 is 4.52 Å². The lowest BCUT2D eigenvalue weighted by molar-refractivity contribution is 0.334. The predicted octanol–water partition coefficient (Wildman–Crippen LogP) is 3.17. The molecule has 1 unspecified atom stereocenters. The van der Waals surface area contributed by atoms with Crippen LogP contribution in [0.1, 0.15) is 25.3 Å². The van der Waals surface area contributed by atoms with Crippen molar-refractivity contribution in [1.82, 2.24) is 15.5 Å². The fraction of sp³-hybridized carbons (Fsp3) is 0.333.